The molecule has 1 aromatic heterocycles. The Morgan fingerprint density at radius 2 is 2.33 bits per heavy atom. The average Bonchev–Trinajstić information content (AvgIpc) is 2.36. The lowest BCUT2D eigenvalue weighted by atomic mass is 10.2. The van der Waals surface area contributed by atoms with Crippen molar-refractivity contribution in [3.8, 4) is 0 Å². The first kappa shape index (κ1) is 9.26. The van der Waals surface area contributed by atoms with Crippen molar-refractivity contribution in [2.24, 2.45) is 11.7 Å². The molecule has 1 aromatic rings. The van der Waals surface area contributed by atoms with Gasteiger partial charge in [-0.25, -0.2) is 0 Å². The quantitative estimate of drug-likeness (QED) is 0.728. The second kappa shape index (κ2) is 4.26. The number of rotatable bonds is 4. The van der Waals surface area contributed by atoms with E-state index >= 15 is 0 Å². The molecule has 0 saturated heterocycles. The lowest BCUT2D eigenvalue weighted by molar-refractivity contribution is 0.483. The third-order valence-corrected chi connectivity index (χ3v) is 1.67. The summed E-state index contributed by atoms with van der Waals surface area (Å²) >= 11 is 0. The normalized spacial score (nSPS) is 11.0. The van der Waals surface area contributed by atoms with E-state index in [0.717, 1.165) is 13.0 Å². The summed E-state index contributed by atoms with van der Waals surface area (Å²) in [7, 11) is 0. The Morgan fingerprint density at radius 3 is 2.92 bits per heavy atom. The zero-order valence-corrected chi connectivity index (χ0v) is 7.83. The molecule has 3 heteroatoms. The highest BCUT2D eigenvalue weighted by molar-refractivity contribution is 5.03. The number of aromatic nitrogens is 2. The Labute approximate surface area is 73.6 Å². The molecule has 0 atom stereocenters. The van der Waals surface area contributed by atoms with Gasteiger partial charge in [-0.2, -0.15) is 5.10 Å². The lowest BCUT2D eigenvalue weighted by Crippen LogP contribution is -2.04. The van der Waals surface area contributed by atoms with Crippen LogP contribution < -0.4 is 5.73 Å². The predicted octanol–water partition coefficient (Wildman–Crippen LogP) is 1.04. The molecule has 0 fully saturated rings. The number of hydrogen-bond acceptors (Lipinski definition) is 2. The molecule has 2 N–H and O–H groups in total. The van der Waals surface area contributed by atoms with Crippen LogP contribution in [0.3, 0.4) is 0 Å². The molecule has 0 aromatic carbocycles. The molecule has 1 rings (SSSR count). The van der Waals surface area contributed by atoms with E-state index in [-0.39, 0.29) is 0 Å². The van der Waals surface area contributed by atoms with E-state index < -0.39 is 0 Å². The molecule has 0 aliphatic carbocycles. The van der Waals surface area contributed by atoms with Crippen LogP contribution in [0, 0.1) is 5.92 Å². The average molecular weight is 167 g/mol. The van der Waals surface area contributed by atoms with Gasteiger partial charge in [-0.1, -0.05) is 13.8 Å². The molecular weight excluding hydrogens is 150 g/mol. The van der Waals surface area contributed by atoms with Crippen molar-refractivity contribution in [2.75, 3.05) is 6.54 Å². The van der Waals surface area contributed by atoms with Gasteiger partial charge in [-0.15, -0.1) is 0 Å². The molecule has 0 aliphatic heterocycles. The molecule has 3 nitrogen and oxygen atoms in total. The van der Waals surface area contributed by atoms with Crippen LogP contribution in [-0.2, 0) is 13.0 Å². The van der Waals surface area contributed by atoms with Crippen molar-refractivity contribution in [3.05, 3.63) is 18.0 Å². The zero-order chi connectivity index (χ0) is 8.97. The third-order valence-electron chi connectivity index (χ3n) is 1.67. The second-order valence-corrected chi connectivity index (χ2v) is 3.50. The van der Waals surface area contributed by atoms with E-state index in [4.69, 9.17) is 5.73 Å². The summed E-state index contributed by atoms with van der Waals surface area (Å²) in [5.74, 6) is 0.649. The first-order chi connectivity index (χ1) is 5.72. The van der Waals surface area contributed by atoms with Crippen molar-refractivity contribution in [3.63, 3.8) is 0 Å². The smallest absolute Gasteiger partial charge is 0.0522 e. The van der Waals surface area contributed by atoms with Gasteiger partial charge in [0, 0.05) is 12.7 Å². The van der Waals surface area contributed by atoms with Crippen LogP contribution in [-0.4, -0.2) is 16.3 Å². The Bertz CT molecular complexity index is 227. The number of nitrogens with two attached hydrogens (primary N) is 1. The minimum Gasteiger partial charge on any atom is -0.330 e. The molecule has 0 unspecified atom stereocenters. The van der Waals surface area contributed by atoms with Crippen LogP contribution in [0.5, 0.6) is 0 Å². The maximum absolute atomic E-state index is 5.43. The fourth-order valence-corrected chi connectivity index (χ4v) is 1.18. The molecule has 0 saturated carbocycles. The maximum Gasteiger partial charge on any atom is 0.0522 e. The lowest BCUT2D eigenvalue weighted by Gasteiger charge is -2.03. The van der Waals surface area contributed by atoms with Gasteiger partial charge >= 0.3 is 0 Å². The minimum absolute atomic E-state index is 0.649. The van der Waals surface area contributed by atoms with E-state index in [1.165, 1.54) is 5.56 Å². The zero-order valence-electron chi connectivity index (χ0n) is 7.83. The Hall–Kier alpha value is -0.830. The predicted molar refractivity (Wildman–Crippen MR) is 49.8 cm³/mol. The van der Waals surface area contributed by atoms with E-state index in [9.17, 15) is 0 Å². The molecule has 68 valence electrons. The van der Waals surface area contributed by atoms with Crippen molar-refractivity contribution in [2.45, 2.75) is 26.8 Å². The summed E-state index contributed by atoms with van der Waals surface area (Å²) in [6.45, 7) is 6.06. The highest BCUT2D eigenvalue weighted by atomic mass is 15.3. The van der Waals surface area contributed by atoms with Crippen LogP contribution in [0.4, 0.5) is 0 Å². The Balaban J connectivity index is 2.52. The van der Waals surface area contributed by atoms with Gasteiger partial charge in [-0.3, -0.25) is 4.68 Å². The van der Waals surface area contributed by atoms with Crippen LogP contribution in [0.2, 0.25) is 0 Å². The SMILES string of the molecule is CC(C)Cn1cc(CCN)cn1. The maximum atomic E-state index is 5.43. The Kier molecular flexibility index (Phi) is 3.29. The van der Waals surface area contributed by atoms with Gasteiger partial charge in [-0.05, 0) is 24.4 Å². The standard InChI is InChI=1S/C9H17N3/c1-8(2)6-12-7-9(3-4-10)5-11-12/h5,7-8H,3-4,6,10H2,1-2H3. The van der Waals surface area contributed by atoms with Crippen LogP contribution in [0.25, 0.3) is 0 Å². The first-order valence-corrected chi connectivity index (χ1v) is 4.43. The summed E-state index contributed by atoms with van der Waals surface area (Å²) in [6, 6.07) is 0. The van der Waals surface area contributed by atoms with Crippen molar-refractivity contribution in [1.29, 1.82) is 0 Å². The fourth-order valence-electron chi connectivity index (χ4n) is 1.18. The van der Waals surface area contributed by atoms with Gasteiger partial charge in [0.05, 0.1) is 6.20 Å². The molecule has 0 bridgehead atoms. The van der Waals surface area contributed by atoms with Crippen molar-refractivity contribution >= 4 is 0 Å². The molecule has 0 amide bonds. The van der Waals surface area contributed by atoms with Crippen LogP contribution >= 0.6 is 0 Å². The molecule has 0 aliphatic rings. The van der Waals surface area contributed by atoms with Crippen LogP contribution in [0.15, 0.2) is 12.4 Å². The summed E-state index contributed by atoms with van der Waals surface area (Å²) in [4.78, 5) is 0. The van der Waals surface area contributed by atoms with Crippen molar-refractivity contribution in [1.82, 2.24) is 9.78 Å². The summed E-state index contributed by atoms with van der Waals surface area (Å²) in [6.07, 6.45) is 4.90. The van der Waals surface area contributed by atoms with Crippen LogP contribution in [0.1, 0.15) is 19.4 Å². The van der Waals surface area contributed by atoms with E-state index in [2.05, 4.69) is 25.1 Å². The monoisotopic (exact) mass is 167 g/mol. The van der Waals surface area contributed by atoms with Gasteiger partial charge < -0.3 is 5.73 Å². The third kappa shape index (κ3) is 2.66. The molecule has 0 spiro atoms. The minimum atomic E-state index is 0.649. The summed E-state index contributed by atoms with van der Waals surface area (Å²) < 4.78 is 1.98. The van der Waals surface area contributed by atoms with Gasteiger partial charge in [0.2, 0.25) is 0 Å². The number of nitrogens with zero attached hydrogens (tertiary/aromatic N) is 2. The van der Waals surface area contributed by atoms with Crippen molar-refractivity contribution < 1.29 is 0 Å². The topological polar surface area (TPSA) is 43.8 Å². The highest BCUT2D eigenvalue weighted by Gasteiger charge is 1.99. The fraction of sp³-hybridized carbons (Fsp3) is 0.667. The van der Waals surface area contributed by atoms with E-state index in [1.54, 1.807) is 0 Å². The molecule has 0 radical (unpaired) electrons. The first-order valence-electron chi connectivity index (χ1n) is 4.43. The molecule has 12 heavy (non-hydrogen) atoms. The summed E-state index contributed by atoms with van der Waals surface area (Å²) in [5.41, 5.74) is 6.67. The van der Waals surface area contributed by atoms with E-state index in [1.807, 2.05) is 10.9 Å². The van der Waals surface area contributed by atoms with E-state index in [0.29, 0.717) is 12.5 Å². The summed E-state index contributed by atoms with van der Waals surface area (Å²) in [5, 5.41) is 4.24. The Morgan fingerprint density at radius 1 is 1.58 bits per heavy atom. The largest absolute Gasteiger partial charge is 0.330 e. The molecular formula is C9H17N3. The number of hydrogen-bond donors (Lipinski definition) is 1. The van der Waals surface area contributed by atoms with Gasteiger partial charge in [0.15, 0.2) is 0 Å². The molecule has 1 heterocycles. The highest BCUT2D eigenvalue weighted by Crippen LogP contribution is 2.01. The second-order valence-electron chi connectivity index (χ2n) is 3.50. The van der Waals surface area contributed by atoms with Gasteiger partial charge in [0.25, 0.3) is 0 Å². The van der Waals surface area contributed by atoms with Gasteiger partial charge in [0.1, 0.15) is 0 Å².